The number of hydrogen-bond acceptors (Lipinski definition) is 3. The second-order valence-corrected chi connectivity index (χ2v) is 6.49. The summed E-state index contributed by atoms with van der Waals surface area (Å²) in [5, 5.41) is 0. The maximum absolute atomic E-state index is 13.2. The molecule has 0 spiro atoms. The number of esters is 1. The van der Waals surface area contributed by atoms with E-state index in [9.17, 15) is 4.79 Å². The molecule has 2 rings (SSSR count). The van der Waals surface area contributed by atoms with Crippen molar-refractivity contribution in [3.63, 3.8) is 0 Å². The third-order valence-corrected chi connectivity index (χ3v) is 5.08. The molecule has 0 atom stereocenters. The summed E-state index contributed by atoms with van der Waals surface area (Å²) in [6.45, 7) is 9.64. The molecule has 0 heterocycles. The lowest BCUT2D eigenvalue weighted by Gasteiger charge is -2.33. The molecule has 140 valence electrons. The van der Waals surface area contributed by atoms with E-state index in [1.807, 2.05) is 67.6 Å². The van der Waals surface area contributed by atoms with Crippen LogP contribution in [0.15, 0.2) is 60.7 Å². The molecule has 0 fully saturated rings. The third kappa shape index (κ3) is 4.53. The van der Waals surface area contributed by atoms with Crippen molar-refractivity contribution in [2.24, 2.45) is 0 Å². The maximum Gasteiger partial charge on any atom is 0.321 e. The standard InChI is InChI=1S/C23H31NO2/c1-4-24(5-2)19-13-18-23(22(25)26-6-3,20-14-9-7-10-15-20)21-16-11-8-12-17-21/h7-12,14-17H,4-6,13,18-19H2,1-3H3. The first-order chi connectivity index (χ1) is 12.7. The molecule has 0 aliphatic rings. The van der Waals surface area contributed by atoms with E-state index in [2.05, 4.69) is 18.7 Å². The SMILES string of the molecule is CCOC(=O)C(CCCN(CC)CC)(c1ccccc1)c1ccccc1. The second-order valence-electron chi connectivity index (χ2n) is 6.49. The Labute approximate surface area is 158 Å². The van der Waals surface area contributed by atoms with Crippen LogP contribution < -0.4 is 0 Å². The fraction of sp³-hybridized carbons (Fsp3) is 0.435. The van der Waals surface area contributed by atoms with E-state index in [-0.39, 0.29) is 5.97 Å². The second kappa shape index (κ2) is 10.1. The Bertz CT molecular complexity index is 611. The Kier molecular flexibility index (Phi) is 7.86. The van der Waals surface area contributed by atoms with Crippen molar-refractivity contribution < 1.29 is 9.53 Å². The predicted octanol–water partition coefficient (Wildman–Crippen LogP) is 4.66. The van der Waals surface area contributed by atoms with Gasteiger partial charge in [-0.1, -0.05) is 74.5 Å². The summed E-state index contributed by atoms with van der Waals surface area (Å²) >= 11 is 0. The van der Waals surface area contributed by atoms with E-state index in [0.717, 1.165) is 43.6 Å². The highest BCUT2D eigenvalue weighted by Crippen LogP contribution is 2.38. The monoisotopic (exact) mass is 353 g/mol. The average molecular weight is 354 g/mol. The van der Waals surface area contributed by atoms with Crippen LogP contribution in [0, 0.1) is 0 Å². The zero-order valence-electron chi connectivity index (χ0n) is 16.3. The molecule has 0 unspecified atom stereocenters. The first kappa shape index (κ1) is 20.2. The summed E-state index contributed by atoms with van der Waals surface area (Å²) in [4.78, 5) is 15.6. The largest absolute Gasteiger partial charge is 0.465 e. The minimum atomic E-state index is -0.758. The van der Waals surface area contributed by atoms with Crippen LogP contribution in [0.1, 0.15) is 44.7 Å². The minimum Gasteiger partial charge on any atom is -0.465 e. The molecule has 2 aromatic rings. The molecule has 0 saturated heterocycles. The van der Waals surface area contributed by atoms with Crippen LogP contribution in [0.3, 0.4) is 0 Å². The first-order valence-electron chi connectivity index (χ1n) is 9.69. The Morgan fingerprint density at radius 1 is 0.885 bits per heavy atom. The highest BCUT2D eigenvalue weighted by molar-refractivity contribution is 5.87. The molecule has 3 heteroatoms. The van der Waals surface area contributed by atoms with Gasteiger partial charge in [-0.15, -0.1) is 0 Å². The summed E-state index contributed by atoms with van der Waals surface area (Å²) < 4.78 is 5.57. The van der Waals surface area contributed by atoms with Crippen molar-refractivity contribution in [2.45, 2.75) is 39.0 Å². The van der Waals surface area contributed by atoms with Gasteiger partial charge in [0.05, 0.1) is 6.61 Å². The van der Waals surface area contributed by atoms with Crippen LogP contribution in [-0.2, 0) is 14.9 Å². The number of carbonyl (C=O) groups excluding carboxylic acids is 1. The fourth-order valence-corrected chi connectivity index (χ4v) is 3.60. The smallest absolute Gasteiger partial charge is 0.321 e. The molecule has 0 amide bonds. The average Bonchev–Trinajstić information content (AvgIpc) is 2.70. The quantitative estimate of drug-likeness (QED) is 0.582. The van der Waals surface area contributed by atoms with Crippen LogP contribution in [0.5, 0.6) is 0 Å². The molecule has 0 radical (unpaired) electrons. The third-order valence-electron chi connectivity index (χ3n) is 5.08. The first-order valence-corrected chi connectivity index (χ1v) is 9.69. The highest BCUT2D eigenvalue weighted by Gasteiger charge is 2.42. The van der Waals surface area contributed by atoms with E-state index >= 15 is 0 Å². The molecule has 0 aliphatic carbocycles. The molecule has 26 heavy (non-hydrogen) atoms. The molecule has 0 aromatic heterocycles. The molecule has 0 bridgehead atoms. The summed E-state index contributed by atoms with van der Waals surface area (Å²) in [5.41, 5.74) is 1.25. The van der Waals surface area contributed by atoms with Crippen LogP contribution >= 0.6 is 0 Å². The number of ether oxygens (including phenoxy) is 1. The van der Waals surface area contributed by atoms with Gasteiger partial charge in [-0.25, -0.2) is 0 Å². The van der Waals surface area contributed by atoms with Gasteiger partial charge in [-0.05, 0) is 50.5 Å². The fourth-order valence-electron chi connectivity index (χ4n) is 3.60. The molecule has 0 N–H and O–H groups in total. The number of nitrogens with zero attached hydrogens (tertiary/aromatic N) is 1. The Morgan fingerprint density at radius 3 is 1.81 bits per heavy atom. The van der Waals surface area contributed by atoms with Gasteiger partial charge in [0.25, 0.3) is 0 Å². The van der Waals surface area contributed by atoms with Gasteiger partial charge in [0.1, 0.15) is 5.41 Å². The molecule has 0 aliphatic heterocycles. The van der Waals surface area contributed by atoms with E-state index < -0.39 is 5.41 Å². The van der Waals surface area contributed by atoms with Crippen molar-refractivity contribution in [1.29, 1.82) is 0 Å². The van der Waals surface area contributed by atoms with Crippen molar-refractivity contribution >= 4 is 5.97 Å². The molecular weight excluding hydrogens is 322 g/mol. The molecule has 3 nitrogen and oxygen atoms in total. The lowest BCUT2D eigenvalue weighted by atomic mass is 9.71. The van der Waals surface area contributed by atoms with Crippen molar-refractivity contribution in [3.05, 3.63) is 71.8 Å². The summed E-state index contributed by atoms with van der Waals surface area (Å²) in [6, 6.07) is 20.1. The topological polar surface area (TPSA) is 29.5 Å². The summed E-state index contributed by atoms with van der Waals surface area (Å²) in [5.74, 6) is -0.156. The zero-order valence-corrected chi connectivity index (χ0v) is 16.3. The lowest BCUT2D eigenvalue weighted by Crippen LogP contribution is -2.40. The maximum atomic E-state index is 13.2. The van der Waals surface area contributed by atoms with Crippen LogP contribution in [0.4, 0.5) is 0 Å². The number of benzene rings is 2. The minimum absolute atomic E-state index is 0.156. The van der Waals surface area contributed by atoms with Gasteiger partial charge in [-0.3, -0.25) is 4.79 Å². The van der Waals surface area contributed by atoms with E-state index in [1.165, 1.54) is 0 Å². The van der Waals surface area contributed by atoms with Gasteiger partial charge in [0.2, 0.25) is 0 Å². The Hall–Kier alpha value is -2.13. The van der Waals surface area contributed by atoms with Crippen molar-refractivity contribution in [2.75, 3.05) is 26.2 Å². The molecule has 0 saturated carbocycles. The van der Waals surface area contributed by atoms with E-state index in [1.54, 1.807) is 0 Å². The van der Waals surface area contributed by atoms with Crippen molar-refractivity contribution in [3.8, 4) is 0 Å². The van der Waals surface area contributed by atoms with Crippen molar-refractivity contribution in [1.82, 2.24) is 4.90 Å². The van der Waals surface area contributed by atoms with Gasteiger partial charge in [0, 0.05) is 0 Å². The summed E-state index contributed by atoms with van der Waals surface area (Å²) in [6.07, 6.45) is 1.67. The van der Waals surface area contributed by atoms with Gasteiger partial charge in [-0.2, -0.15) is 0 Å². The van der Waals surface area contributed by atoms with Gasteiger partial charge in [0.15, 0.2) is 0 Å². The van der Waals surface area contributed by atoms with Crippen LogP contribution in [-0.4, -0.2) is 37.1 Å². The Morgan fingerprint density at radius 2 is 1.38 bits per heavy atom. The Balaban J connectivity index is 2.45. The van der Waals surface area contributed by atoms with Gasteiger partial charge < -0.3 is 9.64 Å². The predicted molar refractivity (Wildman–Crippen MR) is 107 cm³/mol. The number of rotatable bonds is 10. The lowest BCUT2D eigenvalue weighted by molar-refractivity contribution is -0.148. The van der Waals surface area contributed by atoms with Crippen LogP contribution in [0.25, 0.3) is 0 Å². The van der Waals surface area contributed by atoms with Crippen LogP contribution in [0.2, 0.25) is 0 Å². The number of carbonyl (C=O) groups is 1. The van der Waals surface area contributed by atoms with Gasteiger partial charge >= 0.3 is 5.97 Å². The normalized spacial score (nSPS) is 11.5. The zero-order chi connectivity index (χ0) is 18.8. The highest BCUT2D eigenvalue weighted by atomic mass is 16.5. The summed E-state index contributed by atoms with van der Waals surface area (Å²) in [7, 11) is 0. The molecule has 2 aromatic carbocycles. The van der Waals surface area contributed by atoms with E-state index in [0.29, 0.717) is 6.61 Å². The molecular formula is C23H31NO2. The van der Waals surface area contributed by atoms with E-state index in [4.69, 9.17) is 4.74 Å². The number of hydrogen-bond donors (Lipinski definition) is 0.